The first-order valence-corrected chi connectivity index (χ1v) is 14.4. The Morgan fingerprint density at radius 3 is 2.38 bits per heavy atom. The lowest BCUT2D eigenvalue weighted by Gasteiger charge is -2.20. The number of aromatic nitrogens is 2. The fraction of sp³-hybridized carbons (Fsp3) is 0.412. The van der Waals surface area contributed by atoms with Gasteiger partial charge in [0.1, 0.15) is 11.4 Å². The number of unbranched alkanes of at least 4 members (excludes halogenated alkanes) is 3. The molecule has 0 fully saturated rings. The van der Waals surface area contributed by atoms with Crippen LogP contribution in [0.5, 0.6) is 0 Å². The number of nitrogens with zero attached hydrogens (tertiary/aromatic N) is 2. The van der Waals surface area contributed by atoms with E-state index in [0.717, 1.165) is 60.5 Å². The van der Waals surface area contributed by atoms with Gasteiger partial charge in [-0.25, -0.2) is 9.78 Å². The van der Waals surface area contributed by atoms with Gasteiger partial charge >= 0.3 is 5.97 Å². The highest BCUT2D eigenvalue weighted by atomic mass is 16.6. The number of anilines is 1. The van der Waals surface area contributed by atoms with Crippen LogP contribution in [0.3, 0.4) is 0 Å². The summed E-state index contributed by atoms with van der Waals surface area (Å²) in [5, 5.41) is 3.56. The first-order valence-electron chi connectivity index (χ1n) is 14.4. The van der Waals surface area contributed by atoms with Crippen LogP contribution in [0.15, 0.2) is 66.7 Å². The quantitative estimate of drug-likeness (QED) is 0.148. The molecule has 0 radical (unpaired) electrons. The SMILES string of the molecule is CCCCCNc1ccc2c(c1)nc(CCCC)n2Cc1ccc(-c2ccccc2C(=O)OC(C)(C)C)cc1. The highest BCUT2D eigenvalue weighted by Crippen LogP contribution is 2.28. The van der Waals surface area contributed by atoms with Crippen molar-refractivity contribution in [3.63, 3.8) is 0 Å². The van der Waals surface area contributed by atoms with Gasteiger partial charge in [0.15, 0.2) is 0 Å². The molecule has 0 bridgehead atoms. The first-order chi connectivity index (χ1) is 18.8. The molecule has 3 aromatic carbocycles. The summed E-state index contributed by atoms with van der Waals surface area (Å²) in [5.74, 6) is 0.834. The third kappa shape index (κ3) is 7.50. The Balaban J connectivity index is 1.58. The molecule has 0 saturated carbocycles. The van der Waals surface area contributed by atoms with Crippen LogP contribution in [0.2, 0.25) is 0 Å². The molecule has 0 spiro atoms. The highest BCUT2D eigenvalue weighted by Gasteiger charge is 2.20. The van der Waals surface area contributed by atoms with Crippen molar-refractivity contribution in [1.82, 2.24) is 9.55 Å². The van der Waals surface area contributed by atoms with Gasteiger partial charge in [0.2, 0.25) is 0 Å². The van der Waals surface area contributed by atoms with Gasteiger partial charge in [0.05, 0.1) is 16.6 Å². The molecule has 39 heavy (non-hydrogen) atoms. The Labute approximate surface area is 233 Å². The van der Waals surface area contributed by atoms with Crippen molar-refractivity contribution in [2.75, 3.05) is 11.9 Å². The number of carbonyl (C=O) groups is 1. The second-order valence-corrected chi connectivity index (χ2v) is 11.3. The van der Waals surface area contributed by atoms with Crippen molar-refractivity contribution in [2.24, 2.45) is 0 Å². The van der Waals surface area contributed by atoms with E-state index in [1.165, 1.54) is 30.3 Å². The van der Waals surface area contributed by atoms with E-state index in [1.54, 1.807) is 0 Å². The van der Waals surface area contributed by atoms with E-state index < -0.39 is 5.60 Å². The predicted octanol–water partition coefficient (Wildman–Crippen LogP) is 8.65. The Kier molecular flexibility index (Phi) is 9.45. The molecule has 0 unspecified atom stereocenters. The topological polar surface area (TPSA) is 56.2 Å². The van der Waals surface area contributed by atoms with E-state index in [1.807, 2.05) is 45.0 Å². The third-order valence-corrected chi connectivity index (χ3v) is 6.84. The van der Waals surface area contributed by atoms with E-state index in [0.29, 0.717) is 5.56 Å². The molecule has 4 rings (SSSR count). The summed E-state index contributed by atoms with van der Waals surface area (Å²) < 4.78 is 8.01. The second kappa shape index (κ2) is 13.0. The molecule has 0 amide bonds. The molecule has 5 nitrogen and oxygen atoms in total. The van der Waals surface area contributed by atoms with E-state index >= 15 is 0 Å². The molecule has 206 valence electrons. The summed E-state index contributed by atoms with van der Waals surface area (Å²) in [6.45, 7) is 11.9. The minimum absolute atomic E-state index is 0.299. The number of ether oxygens (including phenoxy) is 1. The Morgan fingerprint density at radius 2 is 1.67 bits per heavy atom. The van der Waals surface area contributed by atoms with Gasteiger partial charge in [-0.05, 0) is 74.6 Å². The average molecular weight is 526 g/mol. The van der Waals surface area contributed by atoms with Crippen molar-refractivity contribution in [1.29, 1.82) is 0 Å². The number of carbonyl (C=O) groups excluding carboxylic acids is 1. The van der Waals surface area contributed by atoms with Crippen LogP contribution < -0.4 is 5.32 Å². The first kappa shape index (κ1) is 28.4. The molecule has 1 N–H and O–H groups in total. The van der Waals surface area contributed by atoms with Crippen LogP contribution in [-0.2, 0) is 17.7 Å². The zero-order valence-electron chi connectivity index (χ0n) is 24.2. The average Bonchev–Trinajstić information content (AvgIpc) is 3.25. The van der Waals surface area contributed by atoms with Gasteiger partial charge < -0.3 is 14.6 Å². The highest BCUT2D eigenvalue weighted by molar-refractivity contribution is 5.97. The van der Waals surface area contributed by atoms with Crippen molar-refractivity contribution >= 4 is 22.7 Å². The molecule has 0 atom stereocenters. The van der Waals surface area contributed by atoms with Gasteiger partial charge in [-0.1, -0.05) is 75.6 Å². The third-order valence-electron chi connectivity index (χ3n) is 6.84. The zero-order valence-corrected chi connectivity index (χ0v) is 24.2. The normalized spacial score (nSPS) is 11.6. The molecule has 4 aromatic rings. The number of rotatable bonds is 12. The molecule has 0 aliphatic heterocycles. The van der Waals surface area contributed by atoms with Crippen LogP contribution in [0.1, 0.15) is 88.5 Å². The summed E-state index contributed by atoms with van der Waals surface area (Å²) in [6.07, 6.45) is 6.87. The number of fused-ring (bicyclic) bond motifs is 1. The summed E-state index contributed by atoms with van der Waals surface area (Å²) >= 11 is 0. The smallest absolute Gasteiger partial charge is 0.339 e. The fourth-order valence-corrected chi connectivity index (χ4v) is 4.82. The lowest BCUT2D eigenvalue weighted by atomic mass is 9.98. The van der Waals surface area contributed by atoms with E-state index in [4.69, 9.17) is 9.72 Å². The monoisotopic (exact) mass is 525 g/mol. The van der Waals surface area contributed by atoms with Gasteiger partial charge in [-0.15, -0.1) is 0 Å². The molecular formula is C34H43N3O2. The van der Waals surface area contributed by atoms with Crippen molar-refractivity contribution in [3.8, 4) is 11.1 Å². The van der Waals surface area contributed by atoms with Crippen LogP contribution in [0, 0.1) is 0 Å². The van der Waals surface area contributed by atoms with Crippen LogP contribution in [-0.4, -0.2) is 27.7 Å². The molecule has 5 heteroatoms. The number of nitrogens with one attached hydrogen (secondary N) is 1. The minimum atomic E-state index is -0.539. The Bertz CT molecular complexity index is 1380. The number of esters is 1. The maximum Gasteiger partial charge on any atom is 0.339 e. The fourth-order valence-electron chi connectivity index (χ4n) is 4.82. The number of aryl methyl sites for hydroxylation is 1. The minimum Gasteiger partial charge on any atom is -0.456 e. The summed E-state index contributed by atoms with van der Waals surface area (Å²) in [5.41, 5.74) is 6.48. The Morgan fingerprint density at radius 1 is 0.923 bits per heavy atom. The van der Waals surface area contributed by atoms with Gasteiger partial charge in [-0.2, -0.15) is 0 Å². The van der Waals surface area contributed by atoms with Crippen molar-refractivity contribution < 1.29 is 9.53 Å². The largest absolute Gasteiger partial charge is 0.456 e. The molecule has 0 saturated heterocycles. The maximum absolute atomic E-state index is 12.9. The van der Waals surface area contributed by atoms with Crippen molar-refractivity contribution in [3.05, 3.63) is 83.7 Å². The summed E-state index contributed by atoms with van der Waals surface area (Å²) in [7, 11) is 0. The summed E-state index contributed by atoms with van der Waals surface area (Å²) in [6, 6.07) is 22.7. The molecular weight excluding hydrogens is 482 g/mol. The summed E-state index contributed by atoms with van der Waals surface area (Å²) in [4.78, 5) is 17.9. The number of benzene rings is 3. The van der Waals surface area contributed by atoms with E-state index in [2.05, 4.69) is 66.2 Å². The van der Waals surface area contributed by atoms with E-state index in [-0.39, 0.29) is 5.97 Å². The number of imidazole rings is 1. The van der Waals surface area contributed by atoms with Gasteiger partial charge in [0.25, 0.3) is 0 Å². The Hall–Kier alpha value is -3.60. The predicted molar refractivity (Wildman–Crippen MR) is 163 cm³/mol. The molecule has 1 aromatic heterocycles. The standard InChI is InChI=1S/C34H43N3O2/c1-6-8-12-22-35-27-20-21-31-30(23-27)36-32(15-9-7-2)37(31)24-25-16-18-26(19-17-25)28-13-10-11-14-29(28)33(38)39-34(3,4)5/h10-11,13-14,16-21,23,35H,6-9,12,15,22,24H2,1-5H3. The lowest BCUT2D eigenvalue weighted by Crippen LogP contribution is -2.24. The van der Waals surface area contributed by atoms with Crippen LogP contribution in [0.25, 0.3) is 22.2 Å². The zero-order chi connectivity index (χ0) is 27.8. The van der Waals surface area contributed by atoms with Crippen LogP contribution in [0.4, 0.5) is 5.69 Å². The van der Waals surface area contributed by atoms with Crippen LogP contribution >= 0.6 is 0 Å². The van der Waals surface area contributed by atoms with Gasteiger partial charge in [0, 0.05) is 25.2 Å². The molecule has 1 heterocycles. The molecule has 0 aliphatic carbocycles. The number of hydrogen-bond donors (Lipinski definition) is 1. The maximum atomic E-state index is 12.9. The van der Waals surface area contributed by atoms with Crippen molar-refractivity contribution in [2.45, 2.75) is 85.3 Å². The second-order valence-electron chi connectivity index (χ2n) is 11.3. The van der Waals surface area contributed by atoms with Gasteiger partial charge in [-0.3, -0.25) is 0 Å². The number of hydrogen-bond acceptors (Lipinski definition) is 4. The molecule has 0 aliphatic rings. The van der Waals surface area contributed by atoms with E-state index in [9.17, 15) is 4.79 Å². The lowest BCUT2D eigenvalue weighted by molar-refractivity contribution is 0.00704.